The van der Waals surface area contributed by atoms with Gasteiger partial charge >= 0.3 is 5.97 Å². The summed E-state index contributed by atoms with van der Waals surface area (Å²) in [6.45, 7) is 2.80. The first-order valence-corrected chi connectivity index (χ1v) is 7.94. The number of aliphatic carboxylic acids is 1. The van der Waals surface area contributed by atoms with Crippen LogP contribution >= 0.6 is 11.8 Å². The summed E-state index contributed by atoms with van der Waals surface area (Å²) in [6.07, 6.45) is 5.78. The van der Waals surface area contributed by atoms with Gasteiger partial charge in [-0.1, -0.05) is 18.7 Å². The molecule has 7 heteroatoms. The van der Waals surface area contributed by atoms with Gasteiger partial charge in [-0.2, -0.15) is 5.10 Å². The quantitative estimate of drug-likeness (QED) is 0.831. The monoisotopic (exact) mass is 298 g/mol. The van der Waals surface area contributed by atoms with E-state index in [2.05, 4.69) is 22.3 Å². The van der Waals surface area contributed by atoms with E-state index >= 15 is 0 Å². The average molecular weight is 298 g/mol. The van der Waals surface area contributed by atoms with Crippen LogP contribution in [0.2, 0.25) is 0 Å². The van der Waals surface area contributed by atoms with E-state index in [9.17, 15) is 9.90 Å². The minimum absolute atomic E-state index is 0.270. The topological polar surface area (TPSA) is 80.0 Å². The van der Waals surface area contributed by atoms with Gasteiger partial charge in [0.25, 0.3) is 0 Å². The molecule has 1 aromatic rings. The van der Waals surface area contributed by atoms with Gasteiger partial charge in [-0.15, -0.1) is 0 Å². The molecule has 1 heterocycles. The smallest absolute Gasteiger partial charge is 0.323 e. The fourth-order valence-electron chi connectivity index (χ4n) is 2.66. The van der Waals surface area contributed by atoms with Crippen LogP contribution in [-0.2, 0) is 11.8 Å². The van der Waals surface area contributed by atoms with Crippen LogP contribution in [0.3, 0.4) is 0 Å². The Kier molecular flexibility index (Phi) is 5.04. The van der Waals surface area contributed by atoms with Gasteiger partial charge in [0.15, 0.2) is 5.16 Å². The predicted octanol–water partition coefficient (Wildman–Crippen LogP) is 1.67. The number of carboxylic acid groups (broad SMARTS) is 1. The molecule has 0 amide bonds. The Morgan fingerprint density at radius 3 is 3.10 bits per heavy atom. The van der Waals surface area contributed by atoms with E-state index in [1.807, 2.05) is 7.05 Å². The van der Waals surface area contributed by atoms with Gasteiger partial charge in [0.05, 0.1) is 0 Å². The maximum Gasteiger partial charge on any atom is 0.323 e. The average Bonchev–Trinajstić information content (AvgIpc) is 2.82. The van der Waals surface area contributed by atoms with Crippen molar-refractivity contribution in [2.75, 3.05) is 6.54 Å². The summed E-state index contributed by atoms with van der Waals surface area (Å²) in [7, 11) is 1.86. The molecular weight excluding hydrogens is 276 g/mol. The van der Waals surface area contributed by atoms with Crippen molar-refractivity contribution in [3.8, 4) is 0 Å². The molecule has 20 heavy (non-hydrogen) atoms. The Balaban J connectivity index is 2.05. The van der Waals surface area contributed by atoms with E-state index in [0.717, 1.165) is 31.0 Å². The van der Waals surface area contributed by atoms with E-state index in [1.54, 1.807) is 16.4 Å². The molecule has 0 bridgehead atoms. The molecule has 6 nitrogen and oxygen atoms in total. The van der Waals surface area contributed by atoms with Crippen molar-refractivity contribution in [1.29, 1.82) is 0 Å². The van der Waals surface area contributed by atoms with Crippen molar-refractivity contribution in [1.82, 2.24) is 20.1 Å². The molecule has 0 spiro atoms. The highest BCUT2D eigenvalue weighted by Crippen LogP contribution is 2.37. The lowest BCUT2D eigenvalue weighted by atomic mass is 9.81. The zero-order valence-electron chi connectivity index (χ0n) is 12.0. The molecule has 1 fully saturated rings. The highest BCUT2D eigenvalue weighted by Gasteiger charge is 2.42. The Bertz CT molecular complexity index is 465. The fourth-order valence-corrected chi connectivity index (χ4v) is 3.92. The van der Waals surface area contributed by atoms with Gasteiger partial charge in [0, 0.05) is 12.3 Å². The fraction of sp³-hybridized carbons (Fsp3) is 0.769. The molecule has 2 unspecified atom stereocenters. The first-order valence-electron chi connectivity index (χ1n) is 7.06. The van der Waals surface area contributed by atoms with Gasteiger partial charge in [-0.3, -0.25) is 4.79 Å². The normalized spacial score (nSPS) is 26.6. The minimum Gasteiger partial charge on any atom is -0.480 e. The molecule has 1 aromatic heterocycles. The molecular formula is C13H22N4O2S. The van der Waals surface area contributed by atoms with Crippen LogP contribution in [0.5, 0.6) is 0 Å². The number of carboxylic acids is 1. The first-order chi connectivity index (χ1) is 9.57. The summed E-state index contributed by atoms with van der Waals surface area (Å²) in [5, 5.41) is 18.0. The van der Waals surface area contributed by atoms with Crippen molar-refractivity contribution in [2.45, 2.75) is 55.0 Å². The van der Waals surface area contributed by atoms with E-state index in [-0.39, 0.29) is 5.25 Å². The molecule has 1 aliphatic carbocycles. The largest absolute Gasteiger partial charge is 0.480 e. The summed E-state index contributed by atoms with van der Waals surface area (Å²) in [6, 6.07) is 0. The molecule has 0 aromatic carbocycles. The zero-order valence-corrected chi connectivity index (χ0v) is 12.8. The number of thioether (sulfide) groups is 1. The van der Waals surface area contributed by atoms with Crippen LogP contribution in [0, 0.1) is 0 Å². The Morgan fingerprint density at radius 2 is 2.50 bits per heavy atom. The van der Waals surface area contributed by atoms with E-state index in [4.69, 9.17) is 0 Å². The van der Waals surface area contributed by atoms with Crippen LogP contribution in [0.4, 0.5) is 0 Å². The lowest BCUT2D eigenvalue weighted by Crippen LogP contribution is -2.55. The zero-order chi connectivity index (χ0) is 14.6. The van der Waals surface area contributed by atoms with Crippen molar-refractivity contribution < 1.29 is 9.90 Å². The first kappa shape index (κ1) is 15.3. The van der Waals surface area contributed by atoms with Crippen molar-refractivity contribution in [2.24, 2.45) is 7.05 Å². The molecule has 2 N–H and O–H groups in total. The second-order valence-electron chi connectivity index (χ2n) is 5.32. The molecule has 1 saturated carbocycles. The molecule has 1 aliphatic rings. The Labute approximate surface area is 123 Å². The summed E-state index contributed by atoms with van der Waals surface area (Å²) in [5.41, 5.74) is -0.773. The van der Waals surface area contributed by atoms with E-state index in [1.165, 1.54) is 6.33 Å². The third kappa shape index (κ3) is 3.32. The third-order valence-corrected chi connectivity index (χ3v) is 5.09. The third-order valence-electron chi connectivity index (χ3n) is 3.77. The lowest BCUT2D eigenvalue weighted by molar-refractivity contribution is -0.146. The second-order valence-corrected chi connectivity index (χ2v) is 6.58. The Morgan fingerprint density at radius 1 is 1.70 bits per heavy atom. The van der Waals surface area contributed by atoms with Crippen LogP contribution in [0.25, 0.3) is 0 Å². The van der Waals surface area contributed by atoms with Crippen LogP contribution in [0.1, 0.15) is 39.0 Å². The van der Waals surface area contributed by atoms with Crippen LogP contribution in [0.15, 0.2) is 11.5 Å². The van der Waals surface area contributed by atoms with E-state index in [0.29, 0.717) is 12.8 Å². The number of carbonyl (C=O) groups is 1. The van der Waals surface area contributed by atoms with Crippen molar-refractivity contribution in [3.05, 3.63) is 6.33 Å². The summed E-state index contributed by atoms with van der Waals surface area (Å²) in [4.78, 5) is 15.9. The van der Waals surface area contributed by atoms with Gasteiger partial charge in [0.1, 0.15) is 11.9 Å². The molecule has 0 saturated heterocycles. The summed E-state index contributed by atoms with van der Waals surface area (Å²) < 4.78 is 1.74. The highest BCUT2D eigenvalue weighted by molar-refractivity contribution is 7.99. The highest BCUT2D eigenvalue weighted by atomic mass is 32.2. The summed E-state index contributed by atoms with van der Waals surface area (Å²) >= 11 is 1.64. The number of nitrogens with one attached hydrogen (secondary N) is 1. The second kappa shape index (κ2) is 6.58. The number of aromatic nitrogens is 3. The molecule has 2 atom stereocenters. The minimum atomic E-state index is -0.773. The molecule has 0 aliphatic heterocycles. The standard InChI is InChI=1S/C13H22N4O2S/c1-3-7-15-13(11(18)19)6-4-5-10(8-13)20-12-14-9-16-17(12)2/h9-10,15H,3-8H2,1-2H3,(H,18,19). The molecule has 0 radical (unpaired) electrons. The molecule has 2 rings (SSSR count). The van der Waals surface area contributed by atoms with E-state index < -0.39 is 11.5 Å². The summed E-state index contributed by atoms with van der Waals surface area (Å²) in [5.74, 6) is -0.728. The van der Waals surface area contributed by atoms with Crippen LogP contribution in [-0.4, -0.2) is 43.2 Å². The number of hydrogen-bond donors (Lipinski definition) is 2. The number of nitrogens with zero attached hydrogens (tertiary/aromatic N) is 3. The van der Waals surface area contributed by atoms with Gasteiger partial charge in [-0.05, 0) is 38.6 Å². The number of aryl methyl sites for hydroxylation is 1. The lowest BCUT2D eigenvalue weighted by Gasteiger charge is -2.38. The number of hydrogen-bond acceptors (Lipinski definition) is 5. The number of rotatable bonds is 6. The van der Waals surface area contributed by atoms with Gasteiger partial charge in [-0.25, -0.2) is 9.67 Å². The maximum absolute atomic E-state index is 11.7. The SMILES string of the molecule is CCCNC1(C(=O)O)CCCC(Sc2ncnn2C)C1. The maximum atomic E-state index is 11.7. The van der Waals surface area contributed by atoms with Crippen molar-refractivity contribution >= 4 is 17.7 Å². The Hall–Kier alpha value is -1.08. The van der Waals surface area contributed by atoms with Crippen molar-refractivity contribution in [3.63, 3.8) is 0 Å². The van der Waals surface area contributed by atoms with Crippen LogP contribution < -0.4 is 5.32 Å². The van der Waals surface area contributed by atoms with Gasteiger partial charge in [0.2, 0.25) is 0 Å². The predicted molar refractivity (Wildman–Crippen MR) is 77.8 cm³/mol. The van der Waals surface area contributed by atoms with Gasteiger partial charge < -0.3 is 10.4 Å². The molecule has 112 valence electrons.